The van der Waals surface area contributed by atoms with Crippen molar-refractivity contribution in [1.29, 1.82) is 0 Å². The molecule has 0 bridgehead atoms. The van der Waals surface area contributed by atoms with E-state index in [4.69, 9.17) is 11.6 Å². The molecule has 0 saturated heterocycles. The third-order valence-corrected chi connectivity index (χ3v) is 6.36. The van der Waals surface area contributed by atoms with Crippen molar-refractivity contribution in [3.63, 3.8) is 0 Å². The van der Waals surface area contributed by atoms with Gasteiger partial charge in [0.15, 0.2) is 0 Å². The van der Waals surface area contributed by atoms with Crippen molar-refractivity contribution in [2.75, 3.05) is 16.2 Å². The number of halogens is 1. The maximum absolute atomic E-state index is 12.7. The van der Waals surface area contributed by atoms with Crippen LogP contribution >= 0.6 is 11.6 Å². The predicted molar refractivity (Wildman–Crippen MR) is 109 cm³/mol. The Balaban J connectivity index is 1.91. The first-order chi connectivity index (χ1) is 12.5. The minimum atomic E-state index is -3.77. The lowest BCUT2D eigenvalue weighted by Gasteiger charge is -2.26. The summed E-state index contributed by atoms with van der Waals surface area (Å²) in [6.45, 7) is 8.05. The highest BCUT2D eigenvalue weighted by molar-refractivity contribution is 7.92. The molecule has 2 aromatic rings. The van der Waals surface area contributed by atoms with Crippen molar-refractivity contribution in [2.24, 2.45) is 5.41 Å². The molecule has 1 heterocycles. The SMILES string of the molecule is Cc1ccc(S(=O)(=O)Nc2ccc3c(c2)N(C(=O)C(C)(C)C)CC3)cc1Cl. The zero-order valence-corrected chi connectivity index (χ0v) is 17.4. The molecule has 144 valence electrons. The Kier molecular flexibility index (Phi) is 4.99. The van der Waals surface area contributed by atoms with Crippen LogP contribution in [-0.4, -0.2) is 20.9 Å². The Morgan fingerprint density at radius 1 is 1.15 bits per heavy atom. The monoisotopic (exact) mass is 406 g/mol. The summed E-state index contributed by atoms with van der Waals surface area (Å²) < 4.78 is 28.0. The van der Waals surface area contributed by atoms with Crippen LogP contribution in [0.3, 0.4) is 0 Å². The van der Waals surface area contributed by atoms with Crippen LogP contribution in [0.25, 0.3) is 0 Å². The number of sulfonamides is 1. The maximum Gasteiger partial charge on any atom is 0.261 e. The zero-order chi connectivity index (χ0) is 20.0. The lowest BCUT2D eigenvalue weighted by Crippen LogP contribution is -2.38. The van der Waals surface area contributed by atoms with Gasteiger partial charge in [-0.25, -0.2) is 8.42 Å². The largest absolute Gasteiger partial charge is 0.311 e. The summed E-state index contributed by atoms with van der Waals surface area (Å²) in [6, 6.07) is 9.93. The van der Waals surface area contributed by atoms with E-state index in [1.165, 1.54) is 12.1 Å². The first kappa shape index (κ1) is 19.7. The van der Waals surface area contributed by atoms with Crippen molar-refractivity contribution in [2.45, 2.75) is 39.0 Å². The van der Waals surface area contributed by atoms with Gasteiger partial charge in [0.2, 0.25) is 5.91 Å². The van der Waals surface area contributed by atoms with E-state index in [-0.39, 0.29) is 10.8 Å². The summed E-state index contributed by atoms with van der Waals surface area (Å²) in [4.78, 5) is 14.5. The fraction of sp³-hybridized carbons (Fsp3) is 0.350. The molecule has 0 aromatic heterocycles. The number of fused-ring (bicyclic) bond motifs is 1. The molecule has 5 nitrogen and oxygen atoms in total. The number of nitrogens with one attached hydrogen (secondary N) is 1. The molecule has 1 amide bonds. The molecule has 0 saturated carbocycles. The third kappa shape index (κ3) is 3.96. The Labute approximate surface area is 165 Å². The van der Waals surface area contributed by atoms with Gasteiger partial charge in [-0.1, -0.05) is 44.5 Å². The molecule has 0 fully saturated rings. The summed E-state index contributed by atoms with van der Waals surface area (Å²) in [5.74, 6) is 0.0200. The fourth-order valence-electron chi connectivity index (χ4n) is 3.01. The van der Waals surface area contributed by atoms with Gasteiger partial charge in [-0.15, -0.1) is 0 Å². The number of hydrogen-bond donors (Lipinski definition) is 1. The lowest BCUT2D eigenvalue weighted by atomic mass is 9.94. The van der Waals surface area contributed by atoms with Gasteiger partial charge in [0.25, 0.3) is 10.0 Å². The van der Waals surface area contributed by atoms with E-state index in [0.29, 0.717) is 17.3 Å². The molecule has 0 spiro atoms. The molecule has 0 unspecified atom stereocenters. The summed E-state index contributed by atoms with van der Waals surface area (Å²) in [5.41, 5.74) is 2.52. The van der Waals surface area contributed by atoms with Crippen molar-refractivity contribution >= 4 is 38.9 Å². The summed E-state index contributed by atoms with van der Waals surface area (Å²) in [6.07, 6.45) is 0.762. The third-order valence-electron chi connectivity index (χ3n) is 4.57. The molecule has 0 atom stereocenters. The molecule has 1 aliphatic heterocycles. The number of nitrogens with zero attached hydrogens (tertiary/aromatic N) is 1. The average Bonchev–Trinajstić information content (AvgIpc) is 2.98. The van der Waals surface area contributed by atoms with Crippen LogP contribution in [0.15, 0.2) is 41.3 Å². The summed E-state index contributed by atoms with van der Waals surface area (Å²) >= 11 is 6.06. The second-order valence-electron chi connectivity index (χ2n) is 7.82. The number of hydrogen-bond acceptors (Lipinski definition) is 3. The second kappa shape index (κ2) is 6.84. The Hall–Kier alpha value is -2.05. The molecule has 7 heteroatoms. The number of carbonyl (C=O) groups excluding carboxylic acids is 1. The topological polar surface area (TPSA) is 66.5 Å². The van der Waals surface area contributed by atoms with Crippen molar-refractivity contribution in [3.8, 4) is 0 Å². The number of aryl methyl sites for hydroxylation is 1. The zero-order valence-electron chi connectivity index (χ0n) is 15.8. The molecular weight excluding hydrogens is 384 g/mol. The molecule has 0 aliphatic carbocycles. The van der Waals surface area contributed by atoms with Crippen molar-refractivity contribution in [3.05, 3.63) is 52.5 Å². The van der Waals surface area contributed by atoms with Gasteiger partial charge in [0, 0.05) is 22.7 Å². The van der Waals surface area contributed by atoms with Crippen molar-refractivity contribution in [1.82, 2.24) is 0 Å². The van der Waals surface area contributed by atoms with Crippen LogP contribution in [0.4, 0.5) is 11.4 Å². The lowest BCUT2D eigenvalue weighted by molar-refractivity contribution is -0.125. The Bertz CT molecular complexity index is 1010. The quantitative estimate of drug-likeness (QED) is 0.822. The van der Waals surface area contributed by atoms with E-state index in [2.05, 4.69) is 4.72 Å². The highest BCUT2D eigenvalue weighted by Gasteiger charge is 2.32. The Morgan fingerprint density at radius 2 is 1.85 bits per heavy atom. The maximum atomic E-state index is 12.7. The van der Waals surface area contributed by atoms with Gasteiger partial charge in [-0.2, -0.15) is 0 Å². The first-order valence-electron chi connectivity index (χ1n) is 8.73. The van der Waals surface area contributed by atoms with Crippen LogP contribution in [-0.2, 0) is 21.2 Å². The minimum absolute atomic E-state index is 0.0200. The van der Waals surface area contributed by atoms with E-state index >= 15 is 0 Å². The van der Waals surface area contributed by atoms with Crippen LogP contribution in [0, 0.1) is 12.3 Å². The molecule has 0 radical (unpaired) electrons. The number of anilines is 2. The van der Waals surface area contributed by atoms with E-state index in [0.717, 1.165) is 23.2 Å². The number of rotatable bonds is 3. The second-order valence-corrected chi connectivity index (χ2v) is 9.91. The summed E-state index contributed by atoms with van der Waals surface area (Å²) in [7, 11) is -3.77. The van der Waals surface area contributed by atoms with Crippen LogP contribution < -0.4 is 9.62 Å². The van der Waals surface area contributed by atoms with E-state index in [9.17, 15) is 13.2 Å². The van der Waals surface area contributed by atoms with Crippen LogP contribution in [0.2, 0.25) is 5.02 Å². The highest BCUT2D eigenvalue weighted by Crippen LogP contribution is 2.34. The molecule has 2 aromatic carbocycles. The van der Waals surface area contributed by atoms with Gasteiger partial charge in [-0.3, -0.25) is 9.52 Å². The smallest absolute Gasteiger partial charge is 0.261 e. The van der Waals surface area contributed by atoms with Crippen LogP contribution in [0.1, 0.15) is 31.9 Å². The normalized spacial score (nSPS) is 14.2. The van der Waals surface area contributed by atoms with Gasteiger partial charge >= 0.3 is 0 Å². The molecule has 1 aliphatic rings. The Morgan fingerprint density at radius 3 is 2.48 bits per heavy atom. The van der Waals surface area contributed by atoms with Gasteiger partial charge in [-0.05, 0) is 48.7 Å². The molecule has 27 heavy (non-hydrogen) atoms. The summed E-state index contributed by atoms with van der Waals surface area (Å²) in [5, 5.41) is 0.397. The van der Waals surface area contributed by atoms with E-state index in [1.54, 1.807) is 23.1 Å². The van der Waals surface area contributed by atoms with E-state index in [1.807, 2.05) is 33.8 Å². The van der Waals surface area contributed by atoms with Crippen LogP contribution in [0.5, 0.6) is 0 Å². The molecular formula is C20H23ClN2O3S. The van der Waals surface area contributed by atoms with Crippen molar-refractivity contribution < 1.29 is 13.2 Å². The standard InChI is InChI=1S/C20H23ClN2O3S/c1-13-5-8-16(12-17(13)21)27(25,26)22-15-7-6-14-9-10-23(18(14)11-15)19(24)20(2,3)4/h5-8,11-12,22H,9-10H2,1-4H3. The average molecular weight is 407 g/mol. The number of amides is 1. The fourth-order valence-corrected chi connectivity index (χ4v) is 4.33. The highest BCUT2D eigenvalue weighted by atomic mass is 35.5. The predicted octanol–water partition coefficient (Wildman–Crippen LogP) is 4.38. The molecule has 1 N–H and O–H groups in total. The number of benzene rings is 2. The van der Waals surface area contributed by atoms with E-state index < -0.39 is 15.4 Å². The van der Waals surface area contributed by atoms with Gasteiger partial charge < -0.3 is 4.90 Å². The van der Waals surface area contributed by atoms with Gasteiger partial charge in [0.1, 0.15) is 0 Å². The first-order valence-corrected chi connectivity index (χ1v) is 10.6. The number of carbonyl (C=O) groups is 1. The molecule has 3 rings (SSSR count). The minimum Gasteiger partial charge on any atom is -0.311 e. The van der Waals surface area contributed by atoms with Gasteiger partial charge in [0.05, 0.1) is 10.6 Å².